The predicted molar refractivity (Wildman–Crippen MR) is 149 cm³/mol. The lowest BCUT2D eigenvalue weighted by molar-refractivity contribution is -0.0589. The summed E-state index contributed by atoms with van der Waals surface area (Å²) in [7, 11) is 0. The van der Waals surface area contributed by atoms with Gasteiger partial charge in [0.2, 0.25) is 5.88 Å². The SMILES string of the molecule is O=C(O)c1ccc2nc(Cc3ccc(-c4cccc(OCc5ccc(Cl)cc5F)n4)cc3)n(C[C@@H]3CCO3)c2c1. The number of carbonyl (C=O) groups is 1. The summed E-state index contributed by atoms with van der Waals surface area (Å²) < 4.78 is 27.6. The molecule has 0 aliphatic carbocycles. The van der Waals surface area contributed by atoms with E-state index < -0.39 is 11.8 Å². The maximum absolute atomic E-state index is 14.1. The first-order valence-corrected chi connectivity index (χ1v) is 13.3. The summed E-state index contributed by atoms with van der Waals surface area (Å²) in [5, 5.41) is 9.80. The average molecular weight is 558 g/mol. The predicted octanol–water partition coefficient (Wildman–Crippen LogP) is 6.55. The molecule has 5 aromatic rings. The van der Waals surface area contributed by atoms with Crippen molar-refractivity contribution in [2.45, 2.75) is 32.1 Å². The van der Waals surface area contributed by atoms with E-state index in [1.54, 1.807) is 36.4 Å². The van der Waals surface area contributed by atoms with Crippen molar-refractivity contribution in [2.75, 3.05) is 6.61 Å². The second-order valence-corrected chi connectivity index (χ2v) is 10.1. The zero-order valence-electron chi connectivity index (χ0n) is 21.4. The molecule has 1 atom stereocenters. The molecule has 0 saturated carbocycles. The number of carboxylic acid groups (broad SMARTS) is 1. The first-order valence-electron chi connectivity index (χ1n) is 12.9. The molecule has 6 rings (SSSR count). The molecule has 7 nitrogen and oxygen atoms in total. The Kier molecular flexibility index (Phi) is 7.19. The number of ether oxygens (including phenoxy) is 2. The van der Waals surface area contributed by atoms with Crippen LogP contribution in [0.3, 0.4) is 0 Å². The molecule has 0 spiro atoms. The molecule has 0 amide bonds. The molecule has 3 heterocycles. The van der Waals surface area contributed by atoms with E-state index in [0.717, 1.165) is 46.7 Å². The summed E-state index contributed by atoms with van der Waals surface area (Å²) in [5.74, 6) is -0.144. The number of nitrogens with zero attached hydrogens (tertiary/aromatic N) is 3. The lowest BCUT2D eigenvalue weighted by Crippen LogP contribution is -2.31. The van der Waals surface area contributed by atoms with Crippen LogP contribution in [0.25, 0.3) is 22.3 Å². The molecule has 0 radical (unpaired) electrons. The number of aromatic nitrogens is 3. The minimum atomic E-state index is -0.966. The Bertz CT molecular complexity index is 1700. The van der Waals surface area contributed by atoms with Crippen LogP contribution in [-0.4, -0.2) is 38.3 Å². The van der Waals surface area contributed by atoms with Crippen LogP contribution in [0.5, 0.6) is 5.88 Å². The maximum Gasteiger partial charge on any atom is 0.335 e. The van der Waals surface area contributed by atoms with E-state index in [2.05, 4.69) is 9.55 Å². The smallest absolute Gasteiger partial charge is 0.335 e. The second kappa shape index (κ2) is 11.1. The summed E-state index contributed by atoms with van der Waals surface area (Å²) >= 11 is 5.83. The van der Waals surface area contributed by atoms with Gasteiger partial charge in [-0.05, 0) is 48.4 Å². The summed E-state index contributed by atoms with van der Waals surface area (Å²) in [6.07, 6.45) is 1.65. The quantitative estimate of drug-likeness (QED) is 0.221. The van der Waals surface area contributed by atoms with Crippen LogP contribution in [0.1, 0.15) is 33.7 Å². The molecule has 40 heavy (non-hydrogen) atoms. The van der Waals surface area contributed by atoms with Crippen LogP contribution in [0.2, 0.25) is 5.02 Å². The number of benzene rings is 3. The Morgan fingerprint density at radius 1 is 1.07 bits per heavy atom. The number of pyridine rings is 1. The Morgan fingerprint density at radius 2 is 1.90 bits per heavy atom. The third kappa shape index (κ3) is 5.54. The van der Waals surface area contributed by atoms with Crippen molar-refractivity contribution in [3.05, 3.63) is 112 Å². The van der Waals surface area contributed by atoms with Crippen molar-refractivity contribution in [2.24, 2.45) is 0 Å². The lowest BCUT2D eigenvalue weighted by Gasteiger charge is -2.27. The van der Waals surface area contributed by atoms with E-state index >= 15 is 0 Å². The number of halogens is 2. The minimum absolute atomic E-state index is 0.0409. The topological polar surface area (TPSA) is 86.5 Å². The molecule has 2 aromatic heterocycles. The molecular weight excluding hydrogens is 533 g/mol. The van der Waals surface area contributed by atoms with Crippen molar-refractivity contribution in [1.82, 2.24) is 14.5 Å². The normalized spacial score (nSPS) is 14.7. The minimum Gasteiger partial charge on any atom is -0.478 e. The molecule has 3 aromatic carbocycles. The van der Waals surface area contributed by atoms with Gasteiger partial charge in [-0.1, -0.05) is 48.0 Å². The van der Waals surface area contributed by atoms with Crippen molar-refractivity contribution in [3.63, 3.8) is 0 Å². The Labute approximate surface area is 234 Å². The van der Waals surface area contributed by atoms with Gasteiger partial charge in [0.25, 0.3) is 0 Å². The molecular formula is C31H25ClFN3O4. The van der Waals surface area contributed by atoms with Gasteiger partial charge >= 0.3 is 5.97 Å². The largest absolute Gasteiger partial charge is 0.478 e. The van der Waals surface area contributed by atoms with Crippen molar-refractivity contribution >= 4 is 28.6 Å². The highest BCUT2D eigenvalue weighted by atomic mass is 35.5. The number of hydrogen-bond donors (Lipinski definition) is 1. The van der Waals surface area contributed by atoms with Gasteiger partial charge in [-0.3, -0.25) is 0 Å². The van der Waals surface area contributed by atoms with Crippen LogP contribution >= 0.6 is 11.6 Å². The van der Waals surface area contributed by atoms with E-state index in [1.165, 1.54) is 6.07 Å². The summed E-state index contributed by atoms with van der Waals surface area (Å²) in [4.78, 5) is 21.0. The molecule has 1 N–H and O–H groups in total. The van der Waals surface area contributed by atoms with Gasteiger partial charge in [-0.25, -0.2) is 19.2 Å². The van der Waals surface area contributed by atoms with Crippen LogP contribution < -0.4 is 4.74 Å². The first kappa shape index (κ1) is 26.0. The monoisotopic (exact) mass is 557 g/mol. The summed E-state index contributed by atoms with van der Waals surface area (Å²) in [6, 6.07) is 23.0. The van der Waals surface area contributed by atoms with Crippen LogP contribution in [0.15, 0.2) is 78.9 Å². The number of carboxylic acids is 1. The zero-order chi connectivity index (χ0) is 27.6. The van der Waals surface area contributed by atoms with E-state index in [-0.39, 0.29) is 18.3 Å². The molecule has 0 unspecified atom stereocenters. The molecule has 9 heteroatoms. The highest BCUT2D eigenvalue weighted by Gasteiger charge is 2.22. The van der Waals surface area contributed by atoms with Gasteiger partial charge in [-0.2, -0.15) is 0 Å². The van der Waals surface area contributed by atoms with Crippen molar-refractivity contribution in [1.29, 1.82) is 0 Å². The van der Waals surface area contributed by atoms with Gasteiger partial charge in [0.05, 0.1) is 34.9 Å². The van der Waals surface area contributed by atoms with Crippen molar-refractivity contribution < 1.29 is 23.8 Å². The average Bonchev–Trinajstić information content (AvgIpc) is 3.26. The molecule has 1 fully saturated rings. The summed E-state index contributed by atoms with van der Waals surface area (Å²) in [6.45, 7) is 1.41. The fourth-order valence-corrected chi connectivity index (χ4v) is 4.86. The number of hydrogen-bond acceptors (Lipinski definition) is 5. The third-order valence-corrected chi connectivity index (χ3v) is 7.22. The second-order valence-electron chi connectivity index (χ2n) is 9.69. The van der Waals surface area contributed by atoms with Crippen LogP contribution in [-0.2, 0) is 24.3 Å². The van der Waals surface area contributed by atoms with E-state index in [0.29, 0.717) is 29.4 Å². The Morgan fingerprint density at radius 3 is 2.62 bits per heavy atom. The third-order valence-electron chi connectivity index (χ3n) is 6.98. The van der Waals surface area contributed by atoms with Crippen LogP contribution in [0, 0.1) is 5.82 Å². The molecule has 202 valence electrons. The van der Waals surface area contributed by atoms with Crippen molar-refractivity contribution in [3.8, 4) is 17.1 Å². The number of fused-ring (bicyclic) bond motifs is 1. The zero-order valence-corrected chi connectivity index (χ0v) is 22.1. The fourth-order valence-electron chi connectivity index (χ4n) is 4.70. The first-order chi connectivity index (χ1) is 19.4. The highest BCUT2D eigenvalue weighted by Crippen LogP contribution is 2.26. The number of imidazole rings is 1. The fraction of sp³-hybridized carbons (Fsp3) is 0.194. The van der Waals surface area contributed by atoms with Gasteiger partial charge in [0, 0.05) is 35.2 Å². The number of rotatable bonds is 9. The number of aromatic carboxylic acids is 1. The molecule has 1 aliphatic heterocycles. The summed E-state index contributed by atoms with van der Waals surface area (Å²) in [5.41, 5.74) is 4.88. The molecule has 0 bridgehead atoms. The van der Waals surface area contributed by atoms with Crippen LogP contribution in [0.4, 0.5) is 4.39 Å². The van der Waals surface area contributed by atoms with Gasteiger partial charge < -0.3 is 19.1 Å². The van der Waals surface area contributed by atoms with E-state index in [9.17, 15) is 14.3 Å². The van der Waals surface area contributed by atoms with E-state index in [4.69, 9.17) is 26.1 Å². The van der Waals surface area contributed by atoms with Gasteiger partial charge in [-0.15, -0.1) is 0 Å². The lowest BCUT2D eigenvalue weighted by atomic mass is 10.1. The van der Waals surface area contributed by atoms with Gasteiger partial charge in [0.15, 0.2) is 0 Å². The Hall–Kier alpha value is -4.27. The molecule has 1 aliphatic rings. The maximum atomic E-state index is 14.1. The highest BCUT2D eigenvalue weighted by molar-refractivity contribution is 6.30. The molecule has 1 saturated heterocycles. The van der Waals surface area contributed by atoms with E-state index in [1.807, 2.05) is 36.4 Å². The Balaban J connectivity index is 1.20. The van der Waals surface area contributed by atoms with Gasteiger partial charge in [0.1, 0.15) is 18.2 Å². The standard InChI is InChI=1S/C31H25ClFN3O4/c32-23-10-8-22(25(33)16-23)18-40-30-3-1-2-26(35-30)20-6-4-19(5-7-20)14-29-34-27-11-9-21(31(37)38)15-28(27)36(29)17-24-12-13-39-24/h1-11,15-16,24H,12-14,17-18H2,(H,37,38)/t24-/m0/s1.